The lowest BCUT2D eigenvalue weighted by molar-refractivity contribution is 0.00657. The molecule has 1 fully saturated rings. The topological polar surface area (TPSA) is 53.6 Å². The Hall–Kier alpha value is -1.74. The number of alkyl halides is 3. The molecule has 1 aliphatic heterocycles. The molecule has 1 saturated heterocycles. The van der Waals surface area contributed by atoms with Crippen LogP contribution in [0.1, 0.15) is 20.1 Å². The maximum atomic E-state index is 13.6. The largest absolute Gasteiger partial charge is 0.494 e. The van der Waals surface area contributed by atoms with E-state index >= 15 is 0 Å². The molecule has 2 aromatic rings. The van der Waals surface area contributed by atoms with E-state index in [0.717, 1.165) is 0 Å². The molecule has 5 nitrogen and oxygen atoms in total. The number of hydrogen-bond acceptors (Lipinski definition) is 4. The van der Waals surface area contributed by atoms with Crippen LogP contribution in [0.5, 0.6) is 0 Å². The van der Waals surface area contributed by atoms with Crippen molar-refractivity contribution in [2.24, 2.45) is 0 Å². The van der Waals surface area contributed by atoms with Gasteiger partial charge in [0.25, 0.3) is 6.43 Å². The third-order valence-electron chi connectivity index (χ3n) is 3.37. The van der Waals surface area contributed by atoms with E-state index < -0.39 is 31.2 Å². The van der Waals surface area contributed by atoms with Gasteiger partial charge < -0.3 is 13.7 Å². The second-order valence-electron chi connectivity index (χ2n) is 5.69. The van der Waals surface area contributed by atoms with Gasteiger partial charge in [0, 0.05) is 0 Å². The average Bonchev–Trinajstić information content (AvgIpc) is 2.96. The number of benzene rings is 1. The number of oxazole rings is 1. The SMILES string of the molecule is CC1(C)COB(c2ccc3oc(=O)n(C(F)C(F)F)c3c2)O1. The van der Waals surface area contributed by atoms with Crippen LogP contribution in [0.15, 0.2) is 27.4 Å². The summed E-state index contributed by atoms with van der Waals surface area (Å²) in [6.07, 6.45) is -6.11. The van der Waals surface area contributed by atoms with E-state index in [4.69, 9.17) is 13.7 Å². The van der Waals surface area contributed by atoms with Gasteiger partial charge >= 0.3 is 12.9 Å². The zero-order chi connectivity index (χ0) is 16.1. The third-order valence-corrected chi connectivity index (χ3v) is 3.37. The number of hydrogen-bond donors (Lipinski definition) is 0. The molecular weight excluding hydrogens is 302 g/mol. The molecule has 3 rings (SSSR count). The summed E-state index contributed by atoms with van der Waals surface area (Å²) >= 11 is 0. The summed E-state index contributed by atoms with van der Waals surface area (Å²) < 4.78 is 55.0. The Labute approximate surface area is 123 Å². The number of nitrogens with zero attached hydrogens (tertiary/aromatic N) is 1. The van der Waals surface area contributed by atoms with Crippen LogP contribution in [0, 0.1) is 0 Å². The first-order valence-corrected chi connectivity index (χ1v) is 6.65. The first kappa shape index (κ1) is 15.2. The number of fused-ring (bicyclic) bond motifs is 1. The van der Waals surface area contributed by atoms with Gasteiger partial charge in [0.1, 0.15) is 0 Å². The summed E-state index contributed by atoms with van der Waals surface area (Å²) in [7, 11) is -0.706. The summed E-state index contributed by atoms with van der Waals surface area (Å²) in [5.74, 6) is -1.17. The van der Waals surface area contributed by atoms with Crippen LogP contribution in [-0.4, -0.2) is 30.3 Å². The fourth-order valence-electron chi connectivity index (χ4n) is 2.34. The van der Waals surface area contributed by atoms with Crippen LogP contribution >= 0.6 is 0 Å². The van der Waals surface area contributed by atoms with E-state index in [2.05, 4.69) is 0 Å². The van der Waals surface area contributed by atoms with Crippen molar-refractivity contribution in [2.45, 2.75) is 32.2 Å². The second kappa shape index (κ2) is 5.17. The molecule has 1 unspecified atom stereocenters. The lowest BCUT2D eigenvalue weighted by atomic mass is 9.79. The van der Waals surface area contributed by atoms with E-state index in [1.54, 1.807) is 6.07 Å². The molecule has 9 heteroatoms. The maximum Gasteiger partial charge on any atom is 0.494 e. The molecule has 118 valence electrons. The summed E-state index contributed by atoms with van der Waals surface area (Å²) in [5.41, 5.74) is -0.0306. The van der Waals surface area contributed by atoms with Crippen LogP contribution in [-0.2, 0) is 9.31 Å². The molecular formula is C13H13BF3NO4. The minimum absolute atomic E-state index is 0.0225. The van der Waals surface area contributed by atoms with E-state index in [1.807, 2.05) is 13.8 Å². The number of aromatic nitrogens is 1. The summed E-state index contributed by atoms with van der Waals surface area (Å²) in [4.78, 5) is 11.6. The molecule has 0 spiro atoms. The summed E-state index contributed by atoms with van der Waals surface area (Å²) in [6, 6.07) is 4.34. The van der Waals surface area contributed by atoms with E-state index in [0.29, 0.717) is 16.6 Å². The number of rotatable bonds is 3. The van der Waals surface area contributed by atoms with Crippen molar-refractivity contribution in [3.63, 3.8) is 0 Å². The van der Waals surface area contributed by atoms with Gasteiger partial charge in [0.15, 0.2) is 5.58 Å². The second-order valence-corrected chi connectivity index (χ2v) is 5.69. The van der Waals surface area contributed by atoms with E-state index in [-0.39, 0.29) is 11.1 Å². The smallest absolute Gasteiger partial charge is 0.408 e. The van der Waals surface area contributed by atoms with Crippen LogP contribution < -0.4 is 11.2 Å². The van der Waals surface area contributed by atoms with Gasteiger partial charge in [-0.25, -0.2) is 22.5 Å². The Kier molecular flexibility index (Phi) is 3.56. The Morgan fingerprint density at radius 2 is 2.05 bits per heavy atom. The zero-order valence-corrected chi connectivity index (χ0v) is 11.9. The Morgan fingerprint density at radius 1 is 1.32 bits per heavy atom. The van der Waals surface area contributed by atoms with Gasteiger partial charge in [-0.1, -0.05) is 6.07 Å². The highest BCUT2D eigenvalue weighted by molar-refractivity contribution is 6.62. The molecule has 0 radical (unpaired) electrons. The quantitative estimate of drug-likeness (QED) is 0.811. The molecule has 0 bridgehead atoms. The van der Waals surface area contributed by atoms with Crippen molar-refractivity contribution in [2.75, 3.05) is 6.61 Å². The van der Waals surface area contributed by atoms with Gasteiger partial charge in [0.05, 0.1) is 17.7 Å². The standard InChI is InChI=1S/C13H13BF3NO4/c1-13(2)6-20-14(22-13)7-3-4-9-8(5-7)18(12(19)21-9)11(17)10(15)16/h3-5,10-11H,6H2,1-2H3. The molecule has 0 N–H and O–H groups in total. The van der Waals surface area contributed by atoms with Crippen molar-refractivity contribution in [3.8, 4) is 0 Å². The van der Waals surface area contributed by atoms with Crippen LogP contribution in [0.2, 0.25) is 0 Å². The zero-order valence-electron chi connectivity index (χ0n) is 11.9. The highest BCUT2D eigenvalue weighted by Crippen LogP contribution is 2.24. The van der Waals surface area contributed by atoms with Gasteiger partial charge in [-0.2, -0.15) is 0 Å². The van der Waals surface area contributed by atoms with E-state index in [9.17, 15) is 18.0 Å². The van der Waals surface area contributed by atoms with Gasteiger partial charge in [-0.05, 0) is 31.4 Å². The fourth-order valence-corrected chi connectivity index (χ4v) is 2.34. The predicted molar refractivity (Wildman–Crippen MR) is 73.1 cm³/mol. The highest BCUT2D eigenvalue weighted by Gasteiger charge is 2.38. The normalized spacial score (nSPS) is 19.3. The Balaban J connectivity index is 2.06. The highest BCUT2D eigenvalue weighted by atomic mass is 19.3. The van der Waals surface area contributed by atoms with Crippen molar-refractivity contribution in [3.05, 3.63) is 28.7 Å². The molecule has 1 aromatic heterocycles. The fraction of sp³-hybridized carbons (Fsp3) is 0.462. The molecule has 2 heterocycles. The van der Waals surface area contributed by atoms with Crippen molar-refractivity contribution in [1.82, 2.24) is 4.57 Å². The van der Waals surface area contributed by atoms with Gasteiger partial charge in [0.2, 0.25) is 6.30 Å². The molecule has 0 saturated carbocycles. The molecule has 1 atom stereocenters. The summed E-state index contributed by atoms with van der Waals surface area (Å²) in [6.45, 7) is 4.04. The predicted octanol–water partition coefficient (Wildman–Crippen LogP) is 1.85. The lowest BCUT2D eigenvalue weighted by Gasteiger charge is -2.15. The third kappa shape index (κ3) is 2.54. The van der Waals surface area contributed by atoms with Crippen molar-refractivity contribution >= 4 is 23.7 Å². The lowest BCUT2D eigenvalue weighted by Crippen LogP contribution is -2.34. The van der Waals surface area contributed by atoms with Crippen molar-refractivity contribution < 1.29 is 26.9 Å². The Morgan fingerprint density at radius 3 is 2.64 bits per heavy atom. The first-order valence-electron chi connectivity index (χ1n) is 6.65. The molecule has 0 aliphatic carbocycles. The van der Waals surface area contributed by atoms with Crippen LogP contribution in [0.3, 0.4) is 0 Å². The maximum absolute atomic E-state index is 13.6. The monoisotopic (exact) mass is 315 g/mol. The van der Waals surface area contributed by atoms with E-state index in [1.165, 1.54) is 12.1 Å². The van der Waals surface area contributed by atoms with Crippen LogP contribution in [0.4, 0.5) is 13.2 Å². The minimum Gasteiger partial charge on any atom is -0.408 e. The minimum atomic E-state index is -3.33. The number of halogens is 3. The van der Waals surface area contributed by atoms with Gasteiger partial charge in [-0.3, -0.25) is 0 Å². The van der Waals surface area contributed by atoms with Gasteiger partial charge in [-0.15, -0.1) is 0 Å². The summed E-state index contributed by atoms with van der Waals surface area (Å²) in [5, 5.41) is 0. The average molecular weight is 315 g/mol. The first-order chi connectivity index (χ1) is 10.3. The molecule has 1 aliphatic rings. The molecule has 1 aromatic carbocycles. The Bertz CT molecular complexity index is 757. The molecule has 22 heavy (non-hydrogen) atoms. The van der Waals surface area contributed by atoms with Crippen LogP contribution in [0.25, 0.3) is 11.1 Å². The molecule has 0 amide bonds. The van der Waals surface area contributed by atoms with Crippen molar-refractivity contribution in [1.29, 1.82) is 0 Å².